The van der Waals surface area contributed by atoms with Crippen LogP contribution in [0.3, 0.4) is 0 Å². The Morgan fingerprint density at radius 2 is 2.10 bits per heavy atom. The van der Waals surface area contributed by atoms with E-state index < -0.39 is 0 Å². The number of fused-ring (bicyclic) bond motifs is 1. The zero-order valence-corrected chi connectivity index (χ0v) is 12.8. The van der Waals surface area contributed by atoms with Gasteiger partial charge >= 0.3 is 0 Å². The van der Waals surface area contributed by atoms with Crippen molar-refractivity contribution in [2.75, 3.05) is 39.4 Å². The van der Waals surface area contributed by atoms with E-state index >= 15 is 0 Å². The van der Waals surface area contributed by atoms with E-state index in [4.69, 9.17) is 4.74 Å². The lowest BCUT2D eigenvalue weighted by Gasteiger charge is -2.27. The highest BCUT2D eigenvalue weighted by Gasteiger charge is 2.12. The van der Waals surface area contributed by atoms with Crippen LogP contribution in [0.1, 0.15) is 17.8 Å². The summed E-state index contributed by atoms with van der Waals surface area (Å²) in [5, 5.41) is 4.99. The second kappa shape index (κ2) is 6.68. The van der Waals surface area contributed by atoms with E-state index in [9.17, 15) is 0 Å². The average molecular weight is 290 g/mol. The summed E-state index contributed by atoms with van der Waals surface area (Å²) in [6.07, 6.45) is 0. The predicted octanol–water partition coefficient (Wildman–Crippen LogP) is 2.88. The van der Waals surface area contributed by atoms with Gasteiger partial charge in [-0.05, 0) is 24.4 Å². The molecule has 0 aliphatic carbocycles. The normalized spacial score (nSPS) is 18.4. The van der Waals surface area contributed by atoms with Crippen LogP contribution in [0.25, 0.3) is 10.1 Å². The second-order valence-electron chi connectivity index (χ2n) is 5.32. The SMILES string of the molecule is CC(NCCN1CCOCC1)c1cc2ccccc2s1. The van der Waals surface area contributed by atoms with Gasteiger partial charge in [-0.2, -0.15) is 0 Å². The molecule has 1 saturated heterocycles. The molecule has 4 heteroatoms. The summed E-state index contributed by atoms with van der Waals surface area (Å²) in [4.78, 5) is 3.89. The Labute approximate surface area is 124 Å². The molecule has 0 saturated carbocycles. The van der Waals surface area contributed by atoms with Crippen molar-refractivity contribution in [2.24, 2.45) is 0 Å². The molecular formula is C16H22N2OS. The maximum atomic E-state index is 5.37. The predicted molar refractivity (Wildman–Crippen MR) is 85.5 cm³/mol. The second-order valence-corrected chi connectivity index (χ2v) is 6.43. The van der Waals surface area contributed by atoms with Gasteiger partial charge in [0, 0.05) is 41.8 Å². The summed E-state index contributed by atoms with van der Waals surface area (Å²) >= 11 is 1.90. The molecule has 3 nitrogen and oxygen atoms in total. The molecule has 0 amide bonds. The van der Waals surface area contributed by atoms with Crippen molar-refractivity contribution >= 4 is 21.4 Å². The fourth-order valence-corrected chi connectivity index (χ4v) is 3.67. The van der Waals surface area contributed by atoms with Gasteiger partial charge in [0.25, 0.3) is 0 Å². The lowest BCUT2D eigenvalue weighted by molar-refractivity contribution is 0.0382. The monoisotopic (exact) mass is 290 g/mol. The minimum atomic E-state index is 0.424. The highest BCUT2D eigenvalue weighted by molar-refractivity contribution is 7.19. The molecule has 1 N–H and O–H groups in total. The van der Waals surface area contributed by atoms with E-state index in [1.165, 1.54) is 15.0 Å². The van der Waals surface area contributed by atoms with Gasteiger partial charge in [0.1, 0.15) is 0 Å². The Morgan fingerprint density at radius 1 is 1.30 bits per heavy atom. The molecule has 2 aromatic rings. The van der Waals surface area contributed by atoms with Gasteiger partial charge in [0.05, 0.1) is 13.2 Å². The van der Waals surface area contributed by atoms with Crippen molar-refractivity contribution in [1.82, 2.24) is 10.2 Å². The van der Waals surface area contributed by atoms with Gasteiger partial charge < -0.3 is 10.1 Å². The molecule has 0 radical (unpaired) electrons. The van der Waals surface area contributed by atoms with Crippen LogP contribution in [-0.4, -0.2) is 44.3 Å². The molecule has 1 aliphatic rings. The molecule has 2 heterocycles. The highest BCUT2D eigenvalue weighted by Crippen LogP contribution is 2.29. The maximum Gasteiger partial charge on any atom is 0.0594 e. The first-order valence-electron chi connectivity index (χ1n) is 7.35. The molecule has 0 spiro atoms. The number of morpholine rings is 1. The van der Waals surface area contributed by atoms with E-state index in [-0.39, 0.29) is 0 Å². The molecule has 1 atom stereocenters. The molecular weight excluding hydrogens is 268 g/mol. The van der Waals surface area contributed by atoms with Crippen LogP contribution in [-0.2, 0) is 4.74 Å². The van der Waals surface area contributed by atoms with Crippen molar-refractivity contribution < 1.29 is 4.74 Å². The molecule has 108 valence electrons. The Kier molecular flexibility index (Phi) is 4.68. The summed E-state index contributed by atoms with van der Waals surface area (Å²) in [7, 11) is 0. The summed E-state index contributed by atoms with van der Waals surface area (Å²) in [5.74, 6) is 0. The summed E-state index contributed by atoms with van der Waals surface area (Å²) in [6, 6.07) is 11.3. The van der Waals surface area contributed by atoms with Crippen molar-refractivity contribution in [3.05, 3.63) is 35.2 Å². The van der Waals surface area contributed by atoms with Crippen molar-refractivity contribution in [3.63, 3.8) is 0 Å². The average Bonchev–Trinajstić information content (AvgIpc) is 2.92. The number of hydrogen-bond donors (Lipinski definition) is 1. The van der Waals surface area contributed by atoms with Crippen LogP contribution in [0, 0.1) is 0 Å². The minimum absolute atomic E-state index is 0.424. The van der Waals surface area contributed by atoms with Crippen LogP contribution in [0.5, 0.6) is 0 Å². The minimum Gasteiger partial charge on any atom is -0.379 e. The molecule has 1 unspecified atom stereocenters. The zero-order chi connectivity index (χ0) is 13.8. The van der Waals surface area contributed by atoms with E-state index in [1.807, 2.05) is 11.3 Å². The van der Waals surface area contributed by atoms with Gasteiger partial charge in [0.15, 0.2) is 0 Å². The van der Waals surface area contributed by atoms with Gasteiger partial charge in [0.2, 0.25) is 0 Å². The first-order valence-corrected chi connectivity index (χ1v) is 8.16. The number of thiophene rings is 1. The summed E-state index contributed by atoms with van der Waals surface area (Å²) in [5.41, 5.74) is 0. The quantitative estimate of drug-likeness (QED) is 0.916. The standard InChI is InChI=1S/C16H22N2OS/c1-13(17-6-7-18-8-10-19-11-9-18)16-12-14-4-2-3-5-15(14)20-16/h2-5,12-13,17H,6-11H2,1H3. The highest BCUT2D eigenvalue weighted by atomic mass is 32.1. The lowest BCUT2D eigenvalue weighted by atomic mass is 10.2. The molecule has 1 fully saturated rings. The number of ether oxygens (including phenoxy) is 1. The van der Waals surface area contributed by atoms with Crippen molar-refractivity contribution in [1.29, 1.82) is 0 Å². The topological polar surface area (TPSA) is 24.5 Å². The van der Waals surface area contributed by atoms with Crippen LogP contribution in [0.15, 0.2) is 30.3 Å². The summed E-state index contributed by atoms with van der Waals surface area (Å²) < 4.78 is 6.75. The van der Waals surface area contributed by atoms with E-state index in [2.05, 4.69) is 47.5 Å². The number of benzene rings is 1. The Bertz CT molecular complexity index is 515. The smallest absolute Gasteiger partial charge is 0.0594 e. The third-order valence-electron chi connectivity index (χ3n) is 3.85. The first kappa shape index (κ1) is 14.0. The first-order chi connectivity index (χ1) is 9.83. The molecule has 3 rings (SSSR count). The lowest BCUT2D eigenvalue weighted by Crippen LogP contribution is -2.40. The van der Waals surface area contributed by atoms with Crippen molar-refractivity contribution in [3.8, 4) is 0 Å². The van der Waals surface area contributed by atoms with Gasteiger partial charge in [-0.3, -0.25) is 4.90 Å². The maximum absolute atomic E-state index is 5.37. The molecule has 20 heavy (non-hydrogen) atoms. The van der Waals surface area contributed by atoms with Crippen LogP contribution < -0.4 is 5.32 Å². The van der Waals surface area contributed by atoms with Crippen LogP contribution >= 0.6 is 11.3 Å². The van der Waals surface area contributed by atoms with E-state index in [0.29, 0.717) is 6.04 Å². The number of rotatable bonds is 5. The van der Waals surface area contributed by atoms with E-state index in [1.54, 1.807) is 0 Å². The Balaban J connectivity index is 1.52. The van der Waals surface area contributed by atoms with Crippen molar-refractivity contribution in [2.45, 2.75) is 13.0 Å². The van der Waals surface area contributed by atoms with Gasteiger partial charge in [-0.1, -0.05) is 18.2 Å². The fourth-order valence-electron chi connectivity index (χ4n) is 2.58. The third kappa shape index (κ3) is 3.38. The van der Waals surface area contributed by atoms with Crippen LogP contribution in [0.2, 0.25) is 0 Å². The van der Waals surface area contributed by atoms with Gasteiger partial charge in [-0.15, -0.1) is 11.3 Å². The van der Waals surface area contributed by atoms with E-state index in [0.717, 1.165) is 39.4 Å². The van der Waals surface area contributed by atoms with Gasteiger partial charge in [-0.25, -0.2) is 0 Å². The Hall–Kier alpha value is -0.940. The molecule has 1 aromatic heterocycles. The molecule has 0 bridgehead atoms. The fraction of sp³-hybridized carbons (Fsp3) is 0.500. The zero-order valence-electron chi connectivity index (χ0n) is 12.0. The Morgan fingerprint density at radius 3 is 2.90 bits per heavy atom. The third-order valence-corrected chi connectivity index (χ3v) is 5.15. The number of nitrogens with zero attached hydrogens (tertiary/aromatic N) is 1. The molecule has 1 aromatic carbocycles. The van der Waals surface area contributed by atoms with Crippen LogP contribution in [0.4, 0.5) is 0 Å². The number of hydrogen-bond acceptors (Lipinski definition) is 4. The molecule has 1 aliphatic heterocycles. The largest absolute Gasteiger partial charge is 0.379 e. The summed E-state index contributed by atoms with van der Waals surface area (Å²) in [6.45, 7) is 8.30. The number of nitrogens with one attached hydrogen (secondary N) is 1.